The van der Waals surface area contributed by atoms with Crippen molar-refractivity contribution in [2.24, 2.45) is 0 Å². The molecule has 26 heavy (non-hydrogen) atoms. The van der Waals surface area contributed by atoms with E-state index >= 15 is 0 Å². The third-order valence-corrected chi connectivity index (χ3v) is 7.41. The minimum atomic E-state index is -3.60. The molecule has 1 fully saturated rings. The maximum Gasteiger partial charge on any atom is 0.236 e. The predicted octanol–water partition coefficient (Wildman–Crippen LogP) is 2.79. The maximum atomic E-state index is 12.5. The molecule has 1 N–H and O–H groups in total. The first-order chi connectivity index (χ1) is 12.2. The van der Waals surface area contributed by atoms with Gasteiger partial charge < -0.3 is 0 Å². The predicted molar refractivity (Wildman–Crippen MR) is 104 cm³/mol. The topological polar surface area (TPSA) is 83.6 Å². The van der Waals surface area contributed by atoms with E-state index < -0.39 is 20.0 Å². The van der Waals surface area contributed by atoms with Crippen LogP contribution in [0.3, 0.4) is 0 Å². The van der Waals surface area contributed by atoms with E-state index in [9.17, 15) is 16.8 Å². The van der Waals surface area contributed by atoms with Crippen molar-refractivity contribution < 1.29 is 16.8 Å². The van der Waals surface area contributed by atoms with Crippen molar-refractivity contribution in [2.45, 2.75) is 26.0 Å². The first-order valence-electron chi connectivity index (χ1n) is 8.33. The number of benzene rings is 2. The Bertz CT molecular complexity index is 1030. The lowest BCUT2D eigenvalue weighted by atomic mass is 10.2. The van der Waals surface area contributed by atoms with Gasteiger partial charge in [0, 0.05) is 6.54 Å². The van der Waals surface area contributed by atoms with Crippen LogP contribution in [0, 0.1) is 13.8 Å². The summed E-state index contributed by atoms with van der Waals surface area (Å²) in [6.45, 7) is 4.14. The molecule has 1 heterocycles. The molecular weight excluding hydrogens is 372 g/mol. The monoisotopic (exact) mass is 394 g/mol. The Morgan fingerprint density at radius 1 is 1.12 bits per heavy atom. The fourth-order valence-electron chi connectivity index (χ4n) is 3.09. The van der Waals surface area contributed by atoms with Gasteiger partial charge in [-0.15, -0.1) is 0 Å². The first kappa shape index (κ1) is 18.7. The highest BCUT2D eigenvalue weighted by molar-refractivity contribution is 7.93. The second-order valence-electron chi connectivity index (χ2n) is 6.59. The van der Waals surface area contributed by atoms with Crippen molar-refractivity contribution in [3.63, 3.8) is 0 Å². The van der Waals surface area contributed by atoms with Crippen LogP contribution in [-0.4, -0.2) is 29.1 Å². The molecule has 0 amide bonds. The zero-order valence-electron chi connectivity index (χ0n) is 14.8. The van der Waals surface area contributed by atoms with Gasteiger partial charge in [-0.05, 0) is 43.5 Å². The van der Waals surface area contributed by atoms with Crippen LogP contribution >= 0.6 is 0 Å². The lowest BCUT2D eigenvalue weighted by Crippen LogP contribution is -2.26. The van der Waals surface area contributed by atoms with Crippen LogP contribution in [-0.2, 0) is 25.8 Å². The van der Waals surface area contributed by atoms with Gasteiger partial charge in [0.2, 0.25) is 20.0 Å². The van der Waals surface area contributed by atoms with Crippen molar-refractivity contribution in [1.82, 2.24) is 0 Å². The van der Waals surface area contributed by atoms with Crippen molar-refractivity contribution in [3.8, 4) is 0 Å². The van der Waals surface area contributed by atoms with Crippen molar-refractivity contribution >= 4 is 31.4 Å². The lowest BCUT2D eigenvalue weighted by molar-refractivity contribution is 0.598. The van der Waals surface area contributed by atoms with Crippen LogP contribution in [0.1, 0.15) is 23.1 Å². The molecule has 0 radical (unpaired) electrons. The smallest absolute Gasteiger partial charge is 0.236 e. The van der Waals surface area contributed by atoms with Gasteiger partial charge in [-0.25, -0.2) is 16.8 Å². The molecule has 140 valence electrons. The summed E-state index contributed by atoms with van der Waals surface area (Å²) in [4.78, 5) is 0. The fourth-order valence-corrected chi connectivity index (χ4v) is 5.88. The SMILES string of the molecule is Cc1cccc(CS(=O)(=O)Nc2ccc(C)c(N3CCCS3(=O)=O)c2)c1. The summed E-state index contributed by atoms with van der Waals surface area (Å²) in [5.41, 5.74) is 3.37. The zero-order valence-corrected chi connectivity index (χ0v) is 16.4. The van der Waals surface area contributed by atoms with Crippen molar-refractivity contribution in [1.29, 1.82) is 0 Å². The number of anilines is 2. The van der Waals surface area contributed by atoms with Crippen LogP contribution in [0.2, 0.25) is 0 Å². The number of nitrogens with zero attached hydrogens (tertiary/aromatic N) is 1. The molecule has 2 aromatic carbocycles. The third-order valence-electron chi connectivity index (χ3n) is 4.29. The van der Waals surface area contributed by atoms with E-state index in [1.54, 1.807) is 24.3 Å². The van der Waals surface area contributed by atoms with Crippen LogP contribution < -0.4 is 9.03 Å². The second-order valence-corrected chi connectivity index (χ2v) is 10.3. The van der Waals surface area contributed by atoms with Gasteiger partial charge in [-0.3, -0.25) is 9.03 Å². The molecule has 0 bridgehead atoms. The summed E-state index contributed by atoms with van der Waals surface area (Å²) in [7, 11) is -6.92. The Balaban J connectivity index is 1.85. The van der Waals surface area contributed by atoms with E-state index in [-0.39, 0.29) is 11.5 Å². The standard InChI is InChI=1S/C18H22N2O4S2/c1-14-5-3-6-16(11-14)13-25(21,22)19-17-8-7-15(2)18(12-17)20-9-4-10-26(20,23)24/h3,5-8,11-12,19H,4,9-10,13H2,1-2H3. The number of nitrogens with one attached hydrogen (secondary N) is 1. The molecule has 0 saturated carbocycles. The normalized spacial score (nSPS) is 16.6. The van der Waals surface area contributed by atoms with Gasteiger partial charge >= 0.3 is 0 Å². The van der Waals surface area contributed by atoms with Crippen LogP contribution in [0.4, 0.5) is 11.4 Å². The van der Waals surface area contributed by atoms with Gasteiger partial charge in [0.15, 0.2) is 0 Å². The molecular formula is C18H22N2O4S2. The van der Waals surface area contributed by atoms with E-state index in [0.29, 0.717) is 29.9 Å². The van der Waals surface area contributed by atoms with Crippen molar-refractivity contribution in [2.75, 3.05) is 21.3 Å². The summed E-state index contributed by atoms with van der Waals surface area (Å²) < 4.78 is 53.2. The van der Waals surface area contributed by atoms with Crippen LogP contribution in [0.15, 0.2) is 42.5 Å². The summed E-state index contributed by atoms with van der Waals surface area (Å²) >= 11 is 0. The highest BCUT2D eigenvalue weighted by Gasteiger charge is 2.29. The molecule has 1 aliphatic heterocycles. The Hall–Kier alpha value is -2.06. The molecule has 1 aliphatic rings. The molecule has 1 saturated heterocycles. The van der Waals surface area contributed by atoms with E-state index in [1.807, 2.05) is 32.0 Å². The quantitative estimate of drug-likeness (QED) is 0.845. The summed E-state index contributed by atoms with van der Waals surface area (Å²) in [6.07, 6.45) is 0.574. The number of hydrogen-bond donors (Lipinski definition) is 1. The zero-order chi connectivity index (χ0) is 18.9. The number of rotatable bonds is 5. The molecule has 0 aromatic heterocycles. The van der Waals surface area contributed by atoms with Gasteiger partial charge in [-0.1, -0.05) is 35.9 Å². The van der Waals surface area contributed by atoms with Gasteiger partial charge in [0.25, 0.3) is 0 Å². The molecule has 0 atom stereocenters. The molecule has 3 rings (SSSR count). The molecule has 2 aromatic rings. The highest BCUT2D eigenvalue weighted by Crippen LogP contribution is 2.30. The van der Waals surface area contributed by atoms with E-state index in [1.165, 1.54) is 4.31 Å². The van der Waals surface area contributed by atoms with Crippen LogP contribution in [0.25, 0.3) is 0 Å². The molecule has 6 nitrogen and oxygen atoms in total. The Labute approximate surface area is 155 Å². The maximum absolute atomic E-state index is 12.5. The summed E-state index contributed by atoms with van der Waals surface area (Å²) in [5.74, 6) is -0.0182. The molecule has 0 spiro atoms. The Morgan fingerprint density at radius 2 is 1.88 bits per heavy atom. The van der Waals surface area contributed by atoms with E-state index in [4.69, 9.17) is 0 Å². The van der Waals surface area contributed by atoms with Crippen molar-refractivity contribution in [3.05, 3.63) is 59.2 Å². The highest BCUT2D eigenvalue weighted by atomic mass is 32.2. The Kier molecular flexibility index (Phi) is 4.98. The third kappa shape index (κ3) is 4.19. The second kappa shape index (κ2) is 6.92. The summed E-state index contributed by atoms with van der Waals surface area (Å²) in [6, 6.07) is 12.3. The summed E-state index contributed by atoms with van der Waals surface area (Å²) in [5, 5.41) is 0. The lowest BCUT2D eigenvalue weighted by Gasteiger charge is -2.20. The molecule has 0 aliphatic carbocycles. The van der Waals surface area contributed by atoms with Gasteiger partial charge in [0.05, 0.1) is 22.9 Å². The molecule has 8 heteroatoms. The minimum Gasteiger partial charge on any atom is -0.283 e. The van der Waals surface area contributed by atoms with Gasteiger partial charge in [0.1, 0.15) is 0 Å². The van der Waals surface area contributed by atoms with E-state index in [0.717, 1.165) is 11.1 Å². The Morgan fingerprint density at radius 3 is 2.54 bits per heavy atom. The van der Waals surface area contributed by atoms with E-state index in [2.05, 4.69) is 4.72 Å². The fraction of sp³-hybridized carbons (Fsp3) is 0.333. The number of aryl methyl sites for hydroxylation is 2. The number of hydrogen-bond acceptors (Lipinski definition) is 4. The average Bonchev–Trinajstić information content (AvgIpc) is 2.87. The number of sulfonamides is 2. The minimum absolute atomic E-state index is 0.121. The van der Waals surface area contributed by atoms with Crippen LogP contribution in [0.5, 0.6) is 0 Å². The van der Waals surface area contributed by atoms with Gasteiger partial charge in [-0.2, -0.15) is 0 Å². The average molecular weight is 395 g/mol. The largest absolute Gasteiger partial charge is 0.283 e. The molecule has 0 unspecified atom stereocenters. The first-order valence-corrected chi connectivity index (χ1v) is 11.6.